The van der Waals surface area contributed by atoms with Crippen molar-refractivity contribution >= 4 is 29.2 Å². The molecular formula is C57H37NO. The van der Waals surface area contributed by atoms with Crippen molar-refractivity contribution < 1.29 is 4.74 Å². The van der Waals surface area contributed by atoms with Crippen LogP contribution in [0.15, 0.2) is 212 Å². The summed E-state index contributed by atoms with van der Waals surface area (Å²) >= 11 is 0. The molecule has 9 aromatic rings. The van der Waals surface area contributed by atoms with E-state index in [1.165, 1.54) is 50.1 Å². The van der Waals surface area contributed by atoms with E-state index >= 15 is 0 Å². The number of anilines is 3. The van der Waals surface area contributed by atoms with Crippen molar-refractivity contribution in [2.24, 2.45) is 0 Å². The average Bonchev–Trinajstić information content (AvgIpc) is 3.39. The number of nitrogens with zero attached hydrogens (tertiary/aromatic N) is 1. The van der Waals surface area contributed by atoms with Crippen LogP contribution in [-0.2, 0) is 5.41 Å². The van der Waals surface area contributed by atoms with Gasteiger partial charge in [0.15, 0.2) is 0 Å². The van der Waals surface area contributed by atoms with Crippen molar-refractivity contribution in [3.63, 3.8) is 0 Å². The topological polar surface area (TPSA) is 12.5 Å². The molecule has 0 N–H and O–H groups in total. The molecule has 0 saturated heterocycles. The largest absolute Gasteiger partial charge is 0.456 e. The van der Waals surface area contributed by atoms with Crippen molar-refractivity contribution in [2.75, 3.05) is 4.90 Å². The van der Waals surface area contributed by atoms with E-state index in [4.69, 9.17) is 4.74 Å². The minimum atomic E-state index is -0.545. The van der Waals surface area contributed by atoms with Gasteiger partial charge in [0.05, 0.1) is 11.1 Å². The van der Waals surface area contributed by atoms with Gasteiger partial charge in [-0.25, -0.2) is 0 Å². The number of rotatable bonds is 4. The predicted molar refractivity (Wildman–Crippen MR) is 244 cm³/mol. The Labute approximate surface area is 344 Å². The Bertz CT molecular complexity index is 3110. The van der Waals surface area contributed by atoms with Crippen LogP contribution in [0.2, 0.25) is 0 Å². The SMILES string of the molecule is C1=Cc2ccccc2C2(c3ccccc31)c1ccccc1-c1ccc(N(c3ccc4c(c3)-c3ccccc3Oc3ccccc3-4)c3ccccc3-c3ccccc3)cc12. The fourth-order valence-electron chi connectivity index (χ4n) is 10.0. The Kier molecular flexibility index (Phi) is 7.48. The number of benzene rings is 9. The average molecular weight is 752 g/mol. The summed E-state index contributed by atoms with van der Waals surface area (Å²) in [6.45, 7) is 0. The fraction of sp³-hybridized carbons (Fsp3) is 0.0175. The normalized spacial score (nSPS) is 13.3. The first kappa shape index (κ1) is 33.5. The zero-order valence-electron chi connectivity index (χ0n) is 32.2. The van der Waals surface area contributed by atoms with Gasteiger partial charge in [0, 0.05) is 28.1 Å². The maximum atomic E-state index is 6.63. The predicted octanol–water partition coefficient (Wildman–Crippen LogP) is 15.1. The first-order valence-electron chi connectivity index (χ1n) is 20.3. The lowest BCUT2D eigenvalue weighted by molar-refractivity contribution is 0.488. The third-order valence-electron chi connectivity index (χ3n) is 12.5. The monoisotopic (exact) mass is 751 g/mol. The summed E-state index contributed by atoms with van der Waals surface area (Å²) < 4.78 is 6.63. The van der Waals surface area contributed by atoms with E-state index < -0.39 is 5.41 Å². The summed E-state index contributed by atoms with van der Waals surface area (Å²) in [5.74, 6) is 1.71. The van der Waals surface area contributed by atoms with Gasteiger partial charge in [-0.3, -0.25) is 0 Å². The first-order valence-corrected chi connectivity index (χ1v) is 20.3. The number of ether oxygens (including phenoxy) is 1. The Morgan fingerprint density at radius 1 is 0.322 bits per heavy atom. The van der Waals surface area contributed by atoms with Crippen molar-refractivity contribution in [1.82, 2.24) is 0 Å². The summed E-state index contributed by atoms with van der Waals surface area (Å²) in [4.78, 5) is 2.46. The van der Waals surface area contributed by atoms with E-state index in [1.807, 2.05) is 6.07 Å². The summed E-state index contributed by atoms with van der Waals surface area (Å²) in [5, 5.41) is 0. The van der Waals surface area contributed by atoms with Crippen LogP contribution in [0.4, 0.5) is 17.1 Å². The van der Waals surface area contributed by atoms with Crippen LogP contribution in [0.1, 0.15) is 33.4 Å². The van der Waals surface area contributed by atoms with Gasteiger partial charge in [-0.1, -0.05) is 182 Å². The first-order chi connectivity index (χ1) is 29.3. The van der Waals surface area contributed by atoms with Crippen molar-refractivity contribution in [1.29, 1.82) is 0 Å². The lowest BCUT2D eigenvalue weighted by atomic mass is 9.66. The molecular weight excluding hydrogens is 715 g/mol. The van der Waals surface area contributed by atoms with E-state index in [-0.39, 0.29) is 0 Å². The highest BCUT2D eigenvalue weighted by Gasteiger charge is 2.48. The molecule has 3 aliphatic rings. The molecule has 0 saturated carbocycles. The minimum absolute atomic E-state index is 0.545. The van der Waals surface area contributed by atoms with E-state index in [0.717, 1.165) is 56.4 Å². The van der Waals surface area contributed by atoms with Crippen LogP contribution >= 0.6 is 0 Å². The van der Waals surface area contributed by atoms with Crippen LogP contribution in [0.3, 0.4) is 0 Å². The molecule has 276 valence electrons. The van der Waals surface area contributed by atoms with Gasteiger partial charge in [-0.05, 0) is 104 Å². The highest BCUT2D eigenvalue weighted by molar-refractivity contribution is 5.97. The number of hydrogen-bond acceptors (Lipinski definition) is 2. The van der Waals surface area contributed by atoms with Crippen LogP contribution in [0.5, 0.6) is 11.5 Å². The number of fused-ring (bicyclic) bond motifs is 14. The Morgan fingerprint density at radius 2 is 0.814 bits per heavy atom. The molecule has 2 heteroatoms. The van der Waals surface area contributed by atoms with Crippen LogP contribution in [0.25, 0.3) is 56.7 Å². The van der Waals surface area contributed by atoms with Crippen molar-refractivity contribution in [3.8, 4) is 56.0 Å². The molecule has 1 heterocycles. The maximum Gasteiger partial charge on any atom is 0.135 e. The Hall–Kier alpha value is -7.68. The van der Waals surface area contributed by atoms with E-state index in [1.54, 1.807) is 0 Å². The van der Waals surface area contributed by atoms with Gasteiger partial charge in [0.2, 0.25) is 0 Å². The molecule has 9 aromatic carbocycles. The summed E-state index contributed by atoms with van der Waals surface area (Å²) in [6, 6.07) is 77.4. The molecule has 1 spiro atoms. The van der Waals surface area contributed by atoms with Crippen LogP contribution in [0, 0.1) is 0 Å². The smallest absolute Gasteiger partial charge is 0.135 e. The van der Waals surface area contributed by atoms with E-state index in [2.05, 4.69) is 223 Å². The van der Waals surface area contributed by atoms with Crippen molar-refractivity contribution in [2.45, 2.75) is 5.41 Å². The van der Waals surface area contributed by atoms with E-state index in [9.17, 15) is 0 Å². The number of para-hydroxylation sites is 3. The second kappa shape index (κ2) is 13.2. The quantitative estimate of drug-likeness (QED) is 0.178. The third-order valence-corrected chi connectivity index (χ3v) is 12.5. The van der Waals surface area contributed by atoms with Crippen molar-refractivity contribution in [3.05, 3.63) is 246 Å². The van der Waals surface area contributed by atoms with Gasteiger partial charge in [-0.15, -0.1) is 0 Å². The standard InChI is InChI=1S/C57H37NO/c1-2-16-38(17-3-1)43-20-7-13-27-54(43)58(41-32-34-44-47-22-8-14-28-55(47)59-56-29-15-9-23-48(56)49(44)36-41)42-33-35-46-45-21-6-12-26-52(45)57(53(46)37-42)50-24-10-4-18-39(50)30-31-40-19-5-11-25-51(40)57/h1-37H. The second-order valence-electron chi connectivity index (χ2n) is 15.6. The molecule has 2 aliphatic carbocycles. The zero-order chi connectivity index (χ0) is 38.9. The van der Waals surface area contributed by atoms with Gasteiger partial charge >= 0.3 is 0 Å². The molecule has 0 unspecified atom stereocenters. The minimum Gasteiger partial charge on any atom is -0.456 e. The molecule has 2 nitrogen and oxygen atoms in total. The molecule has 0 radical (unpaired) electrons. The van der Waals surface area contributed by atoms with Gasteiger partial charge < -0.3 is 9.64 Å². The molecule has 0 atom stereocenters. The molecule has 0 bridgehead atoms. The van der Waals surface area contributed by atoms with Gasteiger partial charge in [0.1, 0.15) is 11.5 Å². The third kappa shape index (κ3) is 5.00. The summed E-state index contributed by atoms with van der Waals surface area (Å²) in [7, 11) is 0. The maximum absolute atomic E-state index is 6.63. The number of hydrogen-bond donors (Lipinski definition) is 0. The zero-order valence-corrected chi connectivity index (χ0v) is 32.2. The molecule has 59 heavy (non-hydrogen) atoms. The van der Waals surface area contributed by atoms with Crippen LogP contribution in [-0.4, -0.2) is 0 Å². The Balaban J connectivity index is 1.16. The van der Waals surface area contributed by atoms with Gasteiger partial charge in [-0.2, -0.15) is 0 Å². The van der Waals surface area contributed by atoms with Crippen LogP contribution < -0.4 is 9.64 Å². The van der Waals surface area contributed by atoms with Gasteiger partial charge in [0.25, 0.3) is 0 Å². The molecule has 0 amide bonds. The molecule has 12 rings (SSSR count). The lowest BCUT2D eigenvalue weighted by Gasteiger charge is -2.36. The fourth-order valence-corrected chi connectivity index (χ4v) is 10.0. The molecule has 0 fully saturated rings. The lowest BCUT2D eigenvalue weighted by Crippen LogP contribution is -2.30. The Morgan fingerprint density at radius 3 is 1.51 bits per heavy atom. The summed E-state index contributed by atoms with van der Waals surface area (Å²) in [5.41, 5.74) is 19.6. The summed E-state index contributed by atoms with van der Waals surface area (Å²) in [6.07, 6.45) is 4.59. The second-order valence-corrected chi connectivity index (χ2v) is 15.6. The molecule has 1 aliphatic heterocycles. The molecule has 0 aromatic heterocycles. The van der Waals surface area contributed by atoms with E-state index in [0.29, 0.717) is 0 Å². The highest BCUT2D eigenvalue weighted by Crippen LogP contribution is 2.60. The highest BCUT2D eigenvalue weighted by atomic mass is 16.5.